The van der Waals surface area contributed by atoms with Crippen LogP contribution in [0.2, 0.25) is 0 Å². The van der Waals surface area contributed by atoms with Crippen LogP contribution in [0.25, 0.3) is 0 Å². The number of ether oxygens (including phenoxy) is 1. The lowest BCUT2D eigenvalue weighted by molar-refractivity contribution is 0.0696. The van der Waals surface area contributed by atoms with Crippen LogP contribution < -0.4 is 40.8 Å². The summed E-state index contributed by atoms with van der Waals surface area (Å²) in [5.41, 5.74) is 16.4. The first kappa shape index (κ1) is 100. The number of rotatable bonds is 33. The van der Waals surface area contributed by atoms with Crippen molar-refractivity contribution in [1.82, 2.24) is 5.32 Å². The van der Waals surface area contributed by atoms with Crippen molar-refractivity contribution in [1.29, 1.82) is 5.26 Å². The third-order valence-corrected chi connectivity index (χ3v) is 23.9. The maximum Gasteiger partial charge on any atom is 0.337 e. The quantitative estimate of drug-likeness (QED) is 0.0177. The molecule has 0 radical (unpaired) electrons. The summed E-state index contributed by atoms with van der Waals surface area (Å²) in [6.07, 6.45) is 5.39. The molecule has 654 valence electrons. The molecule has 3 amide bonds. The van der Waals surface area contributed by atoms with Crippen molar-refractivity contribution in [3.8, 4) is 6.07 Å². The molecule has 0 unspecified atom stereocenters. The van der Waals surface area contributed by atoms with Crippen LogP contribution in [0.3, 0.4) is 0 Å². The van der Waals surface area contributed by atoms with Gasteiger partial charge in [0.1, 0.15) is 0 Å². The van der Waals surface area contributed by atoms with Gasteiger partial charge in [-0.05, 0) is 177 Å². The highest BCUT2D eigenvalue weighted by Gasteiger charge is 2.24. The standard InChI is InChI=1S/C24H26N2O3S.C21H26O4S.C17H16N4O.C17H18N2O4S.C15H13NO5S.CH4/c1-2-3-9-19-14-16-21(17-15-19)25-24(27)22-12-7-8-13-23(22)26-30(28,29)18-20-10-5-4-6-11-20;1-16(2)26(23,24)15-19-6-4-5-7-20(19)21(22)14-18-10-8-17(9-11-18)12-13-25-3;1-12(19)21(2)16-6-4-3-5-15(16)17(22)20-14-9-7-13(11-18)8-10-14;1-12(20)14-9-7-13(8-10-14)11-18-17(21)15-5-3-4-6-16(15)19-24(2,22)23;1-10(17)11-6-8-12(9-7-11)22(20,21)16-14-5-3-2-4-13(14)15(18)19;/h4-8,10-17,26H,2-3,9,18H2,1H3,(H,25,27);4-11,16H,12-15H2,1-3H3;3-10H,1,19H2,2H3,(H,20,22);3-10,19H,11H2,1-2H3,(H,18,21);2-9,16H,1H3,(H,18,19);1H4. The molecule has 0 aromatic heterocycles. The van der Waals surface area contributed by atoms with Gasteiger partial charge in [-0.2, -0.15) is 5.26 Å². The number of nitrogens with zero attached hydrogens (tertiary/aromatic N) is 2. The van der Waals surface area contributed by atoms with E-state index in [4.69, 9.17) is 20.8 Å². The molecule has 0 saturated heterocycles. The Bertz CT molecular complexity index is 6080. The number of Topliss-reactive ketones (excluding diaryl/α,β-unsaturated/α-hetero) is 3. The molecule has 26 nitrogen and oxygen atoms in total. The number of amides is 3. The van der Waals surface area contributed by atoms with Crippen LogP contribution >= 0.6 is 0 Å². The van der Waals surface area contributed by atoms with Crippen molar-refractivity contribution in [3.63, 3.8) is 0 Å². The number of nitrogens with one attached hydrogen (secondary N) is 6. The Morgan fingerprint density at radius 1 is 0.504 bits per heavy atom. The van der Waals surface area contributed by atoms with Crippen LogP contribution in [0.1, 0.15) is 166 Å². The Balaban J connectivity index is 0.000000242. The van der Waals surface area contributed by atoms with E-state index >= 15 is 0 Å². The fourth-order valence-corrected chi connectivity index (χ4v) is 15.5. The van der Waals surface area contributed by atoms with E-state index in [1.807, 2.05) is 66.7 Å². The predicted molar refractivity (Wildman–Crippen MR) is 494 cm³/mol. The van der Waals surface area contributed by atoms with Gasteiger partial charge in [-0.3, -0.25) is 42.9 Å². The molecule has 11 aromatic rings. The number of carbonyl (C=O) groups excluding carboxylic acids is 6. The van der Waals surface area contributed by atoms with E-state index < -0.39 is 57.0 Å². The molecule has 9 N–H and O–H groups in total. The van der Waals surface area contributed by atoms with Gasteiger partial charge in [-0.1, -0.05) is 203 Å². The normalized spacial score (nSPS) is 10.8. The summed E-state index contributed by atoms with van der Waals surface area (Å²) in [4.78, 5) is 85.4. The summed E-state index contributed by atoms with van der Waals surface area (Å²) in [6.45, 7) is 12.9. The zero-order chi connectivity index (χ0) is 90.7. The van der Waals surface area contributed by atoms with Crippen molar-refractivity contribution in [3.05, 3.63) is 363 Å². The molecular formula is C95H103N9O17S4. The number of hydrogen-bond donors (Lipinski definition) is 8. The third-order valence-electron chi connectivity index (χ3n) is 18.5. The molecule has 0 bridgehead atoms. The number of benzene rings is 11. The number of para-hydroxylation sites is 4. The van der Waals surface area contributed by atoms with Crippen molar-refractivity contribution in [2.24, 2.45) is 5.73 Å². The highest BCUT2D eigenvalue weighted by Crippen LogP contribution is 2.27. The first-order valence-electron chi connectivity index (χ1n) is 38.8. The summed E-state index contributed by atoms with van der Waals surface area (Å²) >= 11 is 0. The Kier molecular flexibility index (Phi) is 38.6. The highest BCUT2D eigenvalue weighted by molar-refractivity contribution is 7.93. The van der Waals surface area contributed by atoms with Gasteiger partial charge in [0.05, 0.1) is 97.0 Å². The number of anilines is 6. The van der Waals surface area contributed by atoms with Crippen LogP contribution in [0.15, 0.2) is 290 Å². The zero-order valence-electron chi connectivity index (χ0n) is 69.7. The molecule has 0 aliphatic carbocycles. The second-order valence-electron chi connectivity index (χ2n) is 28.4. The van der Waals surface area contributed by atoms with Crippen molar-refractivity contribution in [2.45, 2.75) is 102 Å². The SMILES string of the molecule is C.C=C(N)N(C)c1ccccc1C(=O)Nc1ccc(C#N)cc1.CC(=O)c1ccc(CNC(=O)c2ccccc2NS(C)(=O)=O)cc1.CC(=O)c1ccc(S(=O)(=O)Nc2ccccc2C(=O)O)cc1.CCCCc1ccc(NC(=O)c2ccccc2NS(=O)(=O)Cc2ccccc2)cc1.COCCc1ccc(CC(=O)c2ccccc2CS(=O)(=O)C(C)C)cc1. The van der Waals surface area contributed by atoms with E-state index in [1.54, 1.807) is 191 Å². The van der Waals surface area contributed by atoms with E-state index in [0.29, 0.717) is 68.4 Å². The van der Waals surface area contributed by atoms with Crippen LogP contribution in [-0.4, -0.2) is 112 Å². The third kappa shape index (κ3) is 32.6. The molecule has 0 heterocycles. The summed E-state index contributed by atoms with van der Waals surface area (Å²) in [6, 6.07) is 78.3. The van der Waals surface area contributed by atoms with E-state index in [0.717, 1.165) is 48.6 Å². The fraction of sp³-hybridized carbons (Fsp3) is 0.200. The molecular weight excluding hydrogens is 1670 g/mol. The van der Waals surface area contributed by atoms with E-state index in [-0.39, 0.29) is 99.7 Å². The molecule has 0 aliphatic heterocycles. The van der Waals surface area contributed by atoms with Gasteiger partial charge in [0.2, 0.25) is 20.0 Å². The maximum absolute atomic E-state index is 12.8. The zero-order valence-corrected chi connectivity index (χ0v) is 73.0. The van der Waals surface area contributed by atoms with Gasteiger partial charge < -0.3 is 36.4 Å². The van der Waals surface area contributed by atoms with Gasteiger partial charge in [0.15, 0.2) is 27.2 Å². The van der Waals surface area contributed by atoms with Crippen LogP contribution in [0.5, 0.6) is 0 Å². The second-order valence-corrected chi connectivity index (χ2v) is 36.1. The highest BCUT2D eigenvalue weighted by atomic mass is 32.2. The molecule has 0 spiro atoms. The number of carboxylic acid groups (broad SMARTS) is 1. The molecule has 11 rings (SSSR count). The summed E-state index contributed by atoms with van der Waals surface area (Å²) < 4.78 is 109. The minimum atomic E-state index is -3.94. The number of sulfone groups is 1. The average Bonchev–Trinajstić information content (AvgIpc) is 0.830. The van der Waals surface area contributed by atoms with E-state index in [1.165, 1.54) is 74.0 Å². The van der Waals surface area contributed by atoms with Crippen molar-refractivity contribution < 1.29 is 77.1 Å². The molecule has 0 aliphatic rings. The number of aryl methyl sites for hydroxylation is 1. The minimum absolute atomic E-state index is 0. The summed E-state index contributed by atoms with van der Waals surface area (Å²) in [5.74, 6) is -2.43. The van der Waals surface area contributed by atoms with Crippen molar-refractivity contribution >= 4 is 115 Å². The van der Waals surface area contributed by atoms with Gasteiger partial charge in [0, 0.05) is 55.2 Å². The number of unbranched alkanes of at least 4 members (excludes halogenated alkanes) is 1. The summed E-state index contributed by atoms with van der Waals surface area (Å²) in [5, 5.41) is 25.7. The average molecular weight is 1770 g/mol. The Hall–Kier alpha value is -13.7. The number of methoxy groups -OCH3 is 1. The van der Waals surface area contributed by atoms with Crippen LogP contribution in [-0.2, 0) is 82.0 Å². The van der Waals surface area contributed by atoms with Gasteiger partial charge >= 0.3 is 5.97 Å². The number of carboxylic acids is 1. The number of nitriles is 1. The molecule has 125 heavy (non-hydrogen) atoms. The number of sulfonamides is 3. The second kappa shape index (κ2) is 48.2. The lowest BCUT2D eigenvalue weighted by Crippen LogP contribution is -2.25. The fourth-order valence-electron chi connectivity index (χ4n) is 11.6. The van der Waals surface area contributed by atoms with Crippen molar-refractivity contribution in [2.75, 3.05) is 56.7 Å². The van der Waals surface area contributed by atoms with Crippen LogP contribution in [0.4, 0.5) is 34.1 Å². The predicted octanol–water partition coefficient (Wildman–Crippen LogP) is 16.7. The largest absolute Gasteiger partial charge is 0.478 e. The summed E-state index contributed by atoms with van der Waals surface area (Å²) in [7, 11) is -10.9. The monoisotopic (exact) mass is 1770 g/mol. The number of nitrogens with two attached hydrogens (primary N) is 1. The lowest BCUT2D eigenvalue weighted by atomic mass is 9.98. The number of hydrogen-bond acceptors (Lipinski definition) is 19. The molecule has 11 aromatic carbocycles. The Labute approximate surface area is 732 Å². The topological polar surface area (TPSA) is 411 Å². The van der Waals surface area contributed by atoms with E-state index in [2.05, 4.69) is 43.6 Å². The molecule has 30 heteroatoms. The smallest absolute Gasteiger partial charge is 0.337 e. The molecule has 0 atom stereocenters. The Morgan fingerprint density at radius 3 is 1.46 bits per heavy atom. The molecule has 0 fully saturated rings. The number of carbonyl (C=O) groups is 7. The van der Waals surface area contributed by atoms with Crippen LogP contribution in [0, 0.1) is 11.3 Å². The Morgan fingerprint density at radius 2 is 0.944 bits per heavy atom. The lowest BCUT2D eigenvalue weighted by Gasteiger charge is -2.21. The van der Waals surface area contributed by atoms with Gasteiger partial charge in [-0.25, -0.2) is 38.5 Å². The minimum Gasteiger partial charge on any atom is -0.478 e. The molecule has 0 saturated carbocycles. The van der Waals surface area contributed by atoms with Gasteiger partial charge in [0.25, 0.3) is 27.7 Å². The number of aromatic carboxylic acids is 1. The van der Waals surface area contributed by atoms with Gasteiger partial charge in [-0.15, -0.1) is 0 Å². The van der Waals surface area contributed by atoms with E-state index in [9.17, 15) is 67.2 Å². The number of ketones is 3. The maximum atomic E-state index is 12.8. The first-order chi connectivity index (χ1) is 58.9. The first-order valence-corrected chi connectivity index (χ1v) is 45.6.